The van der Waals surface area contributed by atoms with Crippen molar-refractivity contribution in [3.63, 3.8) is 0 Å². The van der Waals surface area contributed by atoms with Crippen molar-refractivity contribution in [3.05, 3.63) is 100 Å². The van der Waals surface area contributed by atoms with Crippen molar-refractivity contribution in [2.45, 2.75) is 74.5 Å². The highest BCUT2D eigenvalue weighted by atomic mass is 35.5. The fourth-order valence-electron chi connectivity index (χ4n) is 6.20. The third-order valence-electron chi connectivity index (χ3n) is 10.7. The van der Waals surface area contributed by atoms with Crippen LogP contribution in [0.1, 0.15) is 25.7 Å². The molecular formula is C50H72Cl3N13O14S. The number of carboxylic acids is 2. The highest BCUT2D eigenvalue weighted by Crippen LogP contribution is 2.31. The fraction of sp³-hybridized carbons (Fsp3) is 0.400. The van der Waals surface area contributed by atoms with Gasteiger partial charge in [-0.1, -0.05) is 36.0 Å². The smallest absolute Gasteiger partial charge is 0.335 e. The summed E-state index contributed by atoms with van der Waals surface area (Å²) in [7, 11) is 8.24. The highest BCUT2D eigenvalue weighted by molar-refractivity contribution is 7.21. The van der Waals surface area contributed by atoms with Crippen LogP contribution in [0.4, 0.5) is 17.1 Å². The first-order chi connectivity index (χ1) is 37.7. The second-order valence-electron chi connectivity index (χ2n) is 17.5. The van der Waals surface area contributed by atoms with E-state index in [0.29, 0.717) is 23.1 Å². The van der Waals surface area contributed by atoms with Gasteiger partial charge in [-0.05, 0) is 85.6 Å². The van der Waals surface area contributed by atoms with E-state index in [1.807, 2.05) is 0 Å². The van der Waals surface area contributed by atoms with Gasteiger partial charge in [0.15, 0.2) is 12.2 Å². The largest absolute Gasteiger partial charge is 1.00 e. The Bertz CT molecular complexity index is 2750. The van der Waals surface area contributed by atoms with E-state index in [9.17, 15) is 9.59 Å². The lowest BCUT2D eigenvalue weighted by Crippen LogP contribution is -3.00. The molecule has 1 aliphatic heterocycles. The number of fused-ring (bicyclic) bond motifs is 2. The Hall–Kier alpha value is -6.61. The number of aliphatic hydroxyl groups excluding tert-OH is 10. The molecule has 31 heteroatoms. The monoisotopic (exact) mass is 1220 g/mol. The minimum Gasteiger partial charge on any atom is -1.00 e. The molecule has 2 aliphatic rings. The van der Waals surface area contributed by atoms with Crippen molar-refractivity contribution in [2.75, 3.05) is 70.0 Å². The van der Waals surface area contributed by atoms with Gasteiger partial charge in [-0.25, -0.2) is 19.1 Å². The second kappa shape index (κ2) is 37.4. The molecule has 81 heavy (non-hydrogen) atoms. The number of nitrogens with two attached hydrogens (primary N) is 4. The first kappa shape index (κ1) is 72.4. The van der Waals surface area contributed by atoms with E-state index in [0.717, 1.165) is 48.3 Å². The Morgan fingerprint density at radius 2 is 1.05 bits per heavy atom. The Labute approximate surface area is 486 Å². The maximum Gasteiger partial charge on any atom is 0.335 e. The van der Waals surface area contributed by atoms with Gasteiger partial charge < -0.3 is 112 Å². The first-order valence-electron chi connectivity index (χ1n) is 24.2. The van der Waals surface area contributed by atoms with Gasteiger partial charge >= 0.3 is 11.9 Å². The number of halogens is 3. The zero-order valence-corrected chi connectivity index (χ0v) is 47.6. The van der Waals surface area contributed by atoms with E-state index >= 15 is 0 Å². The van der Waals surface area contributed by atoms with E-state index in [2.05, 4.69) is 105 Å². The molecule has 3 aromatic carbocycles. The van der Waals surface area contributed by atoms with Crippen molar-refractivity contribution in [1.29, 1.82) is 0 Å². The predicted octanol–water partition coefficient (Wildman–Crippen LogP) is -4.15. The number of benzene rings is 4. The Kier molecular flexibility index (Phi) is 33.4. The minimum absolute atomic E-state index is 0. The van der Waals surface area contributed by atoms with Crippen molar-refractivity contribution >= 4 is 97.6 Å². The normalized spacial score (nSPS) is 14.8. The van der Waals surface area contributed by atoms with E-state index in [1.165, 1.54) is 20.6 Å². The number of rotatable bonds is 20. The molecule has 1 heterocycles. The van der Waals surface area contributed by atoms with Gasteiger partial charge in [-0.15, -0.1) is 11.3 Å². The number of aliphatic imine (C=N–C) groups is 4. The molecule has 448 valence electrons. The van der Waals surface area contributed by atoms with Crippen LogP contribution >= 0.6 is 34.5 Å². The lowest BCUT2D eigenvalue weighted by atomic mass is 10.0. The van der Waals surface area contributed by atoms with Crippen molar-refractivity contribution < 1.29 is 83.3 Å². The molecular weight excluding hydrogens is 1150 g/mol. The van der Waals surface area contributed by atoms with Crippen LogP contribution in [0.15, 0.2) is 105 Å². The third kappa shape index (κ3) is 26.7. The van der Waals surface area contributed by atoms with E-state index in [1.54, 1.807) is 59.9 Å². The number of aliphatic hydroxyl groups is 10. The summed E-state index contributed by atoms with van der Waals surface area (Å²) < 4.78 is 3.34. The number of hydrogen-bond donors (Lipinski definition) is 18. The Balaban J connectivity index is 0.000000591. The summed E-state index contributed by atoms with van der Waals surface area (Å²) in [6.45, 7) is -0.562. The second-order valence-corrected chi connectivity index (χ2v) is 19.4. The number of aromatic nitrogens is 1. The fourth-order valence-corrected chi connectivity index (χ4v) is 7.48. The van der Waals surface area contributed by atoms with Crippen LogP contribution in [-0.4, -0.2) is 205 Å². The summed E-state index contributed by atoms with van der Waals surface area (Å²) in [5.41, 5.74) is 28.1. The standard InChI is InChI=1S/C22H30Cl2N10.C16H18N3S.2C6H12O7.ClH/c23-15-5-9-17(10-6-15)31-21(27)33-19(25)29-13-3-1-2-4-14-30-20(26)34-22(28)32-18-11-7-16(24)8-12-18;1-18(2)11-5-7-13-15(9-11)20-16-10-12(19(3)4)6-8-14(16)17-13;2*7-1-2(8)3(9)4(10)5(11)6(12)13;/h5-12H,1-4,13-14H2,(H5,25,27,29,31,33)(H5,26,28,30,32,34);5-10H,1-4H3;2*2-5,7-11H,1H2,(H,12,13);1H/q;+1;;;/p-1/t;;2*2-,3-,4+,5-;/m..11./s1. The first-order valence-corrected chi connectivity index (χ1v) is 25.7. The molecule has 0 amide bonds. The Morgan fingerprint density at radius 1 is 0.630 bits per heavy atom. The van der Waals surface area contributed by atoms with E-state index in [-0.39, 0.29) is 36.2 Å². The van der Waals surface area contributed by atoms with Gasteiger partial charge in [0.05, 0.1) is 34.0 Å². The van der Waals surface area contributed by atoms with Gasteiger partial charge in [0, 0.05) is 66.4 Å². The van der Waals surface area contributed by atoms with Crippen molar-refractivity contribution in [3.8, 4) is 10.6 Å². The van der Waals surface area contributed by atoms with E-state index < -0.39 is 74.0 Å². The molecule has 0 unspecified atom stereocenters. The number of nitrogens with one attached hydrogen (secondary N) is 2. The topological polar surface area (TPSA) is 474 Å². The summed E-state index contributed by atoms with van der Waals surface area (Å²) in [4.78, 5) is 44.7. The average molecular weight is 1220 g/mol. The number of hydrogen-bond acceptors (Lipinski definition) is 17. The van der Waals surface area contributed by atoms with Crippen LogP contribution in [-0.2, 0) is 9.59 Å². The zero-order valence-electron chi connectivity index (χ0n) is 44.5. The highest BCUT2D eigenvalue weighted by Gasteiger charge is 2.35. The molecule has 0 saturated heterocycles. The lowest BCUT2D eigenvalue weighted by Gasteiger charge is -2.23. The molecule has 0 fully saturated rings. The predicted molar refractivity (Wildman–Crippen MR) is 310 cm³/mol. The molecule has 0 bridgehead atoms. The van der Waals surface area contributed by atoms with Gasteiger partial charge in [0.25, 0.3) is 0 Å². The SMILES string of the molecule is CN(C)c1ccc2nc3ccc(=[N+](C)C)cc-3sc2c1.NC(=NCCCCCCN=C(N)/N=C(\N)Nc1ccc(Cl)cc1)/N=C(\N)Nc1ccc(Cl)cc1.O=C(O)[C@H](O)[C@@H](O)[C@H](O)[C@H](O)CO.O=C(O)[C@H](O)[C@@H](O)[C@H](O)[C@H](O)CO.[Cl-]. The summed E-state index contributed by atoms with van der Waals surface area (Å²) in [6.07, 6.45) is -12.0. The van der Waals surface area contributed by atoms with Crippen molar-refractivity contribution in [2.24, 2.45) is 42.9 Å². The van der Waals surface area contributed by atoms with Crippen LogP contribution in [0, 0.1) is 0 Å². The summed E-state index contributed by atoms with van der Waals surface area (Å²) in [6, 6.07) is 27.0. The molecule has 0 saturated carbocycles. The quantitative estimate of drug-likeness (QED) is 0.0116. The van der Waals surface area contributed by atoms with Crippen LogP contribution in [0.5, 0.6) is 0 Å². The summed E-state index contributed by atoms with van der Waals surface area (Å²) >= 11 is 13.5. The van der Waals surface area contributed by atoms with Gasteiger partial charge in [0.2, 0.25) is 29.2 Å². The van der Waals surface area contributed by atoms with Crippen LogP contribution in [0.25, 0.3) is 20.8 Å². The van der Waals surface area contributed by atoms with Gasteiger partial charge in [0.1, 0.15) is 50.7 Å². The number of guanidine groups is 4. The van der Waals surface area contributed by atoms with E-state index in [4.69, 9.17) is 112 Å². The molecule has 8 atom stereocenters. The molecule has 0 spiro atoms. The van der Waals surface area contributed by atoms with Crippen LogP contribution in [0.2, 0.25) is 10.0 Å². The molecule has 0 aromatic heterocycles. The number of aliphatic carboxylic acids is 2. The van der Waals surface area contributed by atoms with Crippen LogP contribution < -0.4 is 60.8 Å². The minimum atomic E-state index is -2.20. The van der Waals surface area contributed by atoms with Crippen LogP contribution in [0.3, 0.4) is 0 Å². The molecule has 0 radical (unpaired) electrons. The number of nitrogens with zero attached hydrogens (tertiary/aromatic N) is 7. The zero-order chi connectivity index (χ0) is 60.2. The molecule has 27 nitrogen and oxygen atoms in total. The molecule has 1 aliphatic carbocycles. The molecule has 22 N–H and O–H groups in total. The number of unbranched alkanes of at least 4 members (excludes halogenated alkanes) is 3. The molecule has 3 aromatic rings. The number of anilines is 3. The molecule has 5 rings (SSSR count). The average Bonchev–Trinajstić information content (AvgIpc) is 3.43. The summed E-state index contributed by atoms with van der Waals surface area (Å²) in [5, 5.41) is 112. The maximum absolute atomic E-state index is 10.1. The number of carboxylic acid groups (broad SMARTS) is 2. The maximum atomic E-state index is 10.1. The van der Waals surface area contributed by atoms with Gasteiger partial charge in [-0.3, -0.25) is 9.98 Å². The lowest BCUT2D eigenvalue weighted by molar-refractivity contribution is -0.164. The Morgan fingerprint density at radius 3 is 1.42 bits per heavy atom. The number of carbonyl (C=O) groups is 2. The van der Waals surface area contributed by atoms with Crippen molar-refractivity contribution in [1.82, 2.24) is 9.56 Å². The summed E-state index contributed by atoms with van der Waals surface area (Å²) in [5.74, 6) is -2.89. The third-order valence-corrected chi connectivity index (χ3v) is 12.3. The van der Waals surface area contributed by atoms with Gasteiger partial charge in [-0.2, -0.15) is 9.98 Å².